The van der Waals surface area contributed by atoms with Gasteiger partial charge in [-0.2, -0.15) is 0 Å². The average Bonchev–Trinajstić information content (AvgIpc) is 3.87. The first kappa shape index (κ1) is 32.7. The lowest BCUT2D eigenvalue weighted by atomic mass is 9.92. The van der Waals surface area contributed by atoms with Crippen LogP contribution in [0.2, 0.25) is 0 Å². The maximum Gasteiger partial charge on any atom is 0.227 e. The Morgan fingerprint density at radius 1 is 0.368 bits per heavy atom. The van der Waals surface area contributed by atoms with Gasteiger partial charge >= 0.3 is 0 Å². The van der Waals surface area contributed by atoms with E-state index in [0.29, 0.717) is 11.5 Å². The van der Waals surface area contributed by atoms with Crippen molar-refractivity contribution >= 4 is 60.9 Å². The first-order valence-corrected chi connectivity index (χ1v) is 19.2. The summed E-state index contributed by atoms with van der Waals surface area (Å²) in [7, 11) is 0. The van der Waals surface area contributed by atoms with Gasteiger partial charge in [-0.1, -0.05) is 140 Å². The van der Waals surface area contributed by atoms with Gasteiger partial charge in [-0.15, -0.1) is 0 Å². The summed E-state index contributed by atoms with van der Waals surface area (Å²) in [6.45, 7) is 0. The molecular formula is C53H34N2O2. The Kier molecular flexibility index (Phi) is 7.78. The van der Waals surface area contributed by atoms with Crippen LogP contribution in [-0.2, 0) is 0 Å². The fraction of sp³-hybridized carbons (Fsp3) is 0. The maximum atomic E-state index is 6.61. The minimum absolute atomic E-state index is 0.586. The summed E-state index contributed by atoms with van der Waals surface area (Å²) >= 11 is 0. The van der Waals surface area contributed by atoms with E-state index in [1.807, 2.05) is 42.5 Å². The Balaban J connectivity index is 1.13. The van der Waals surface area contributed by atoms with Gasteiger partial charge in [0.05, 0.1) is 11.1 Å². The molecule has 4 nitrogen and oxygen atoms in total. The molecular weight excluding hydrogens is 697 g/mol. The number of rotatable bonds is 7. The number of furan rings is 1. The van der Waals surface area contributed by atoms with Gasteiger partial charge in [0, 0.05) is 28.4 Å². The van der Waals surface area contributed by atoms with Crippen LogP contribution >= 0.6 is 0 Å². The van der Waals surface area contributed by atoms with Gasteiger partial charge in [-0.05, 0) is 105 Å². The van der Waals surface area contributed by atoms with E-state index in [9.17, 15) is 0 Å². The molecule has 11 rings (SSSR count). The molecule has 0 fully saturated rings. The van der Waals surface area contributed by atoms with Crippen molar-refractivity contribution in [2.24, 2.45) is 0 Å². The quantitative estimate of drug-likeness (QED) is 0.164. The number of benzene rings is 9. The predicted molar refractivity (Wildman–Crippen MR) is 235 cm³/mol. The van der Waals surface area contributed by atoms with Crippen molar-refractivity contribution in [3.63, 3.8) is 0 Å². The average molecular weight is 731 g/mol. The Labute approximate surface area is 329 Å². The van der Waals surface area contributed by atoms with Gasteiger partial charge in [0.25, 0.3) is 0 Å². The van der Waals surface area contributed by atoms with E-state index in [-0.39, 0.29) is 0 Å². The molecule has 0 aliphatic rings. The molecule has 11 aromatic rings. The largest absolute Gasteiger partial charge is 0.456 e. The van der Waals surface area contributed by atoms with Gasteiger partial charge < -0.3 is 13.7 Å². The Hall–Kier alpha value is -7.69. The van der Waals surface area contributed by atoms with Crippen LogP contribution < -0.4 is 4.90 Å². The second kappa shape index (κ2) is 13.6. The zero-order valence-electron chi connectivity index (χ0n) is 30.8. The molecule has 0 amide bonds. The van der Waals surface area contributed by atoms with Crippen LogP contribution in [0.15, 0.2) is 215 Å². The fourth-order valence-corrected chi connectivity index (χ4v) is 8.12. The summed E-state index contributed by atoms with van der Waals surface area (Å²) in [5, 5.41) is 4.42. The Morgan fingerprint density at radius 3 is 1.79 bits per heavy atom. The number of hydrogen-bond donors (Lipinski definition) is 0. The topological polar surface area (TPSA) is 42.4 Å². The summed E-state index contributed by atoms with van der Waals surface area (Å²) in [4.78, 5) is 7.28. The van der Waals surface area contributed by atoms with Gasteiger partial charge in [-0.25, -0.2) is 4.98 Å². The van der Waals surface area contributed by atoms with Crippen LogP contribution in [0.4, 0.5) is 17.1 Å². The zero-order valence-corrected chi connectivity index (χ0v) is 30.8. The smallest absolute Gasteiger partial charge is 0.227 e. The standard InChI is InChI=1S/C53H34N2O2/c1-4-13-35(14-5-1)37-25-27-42(28-26-37)55(43-29-30-44(45(32-43)38-16-6-2-7-17-38)41-24-23-36-15-10-11-20-40(36)31-41)48-21-12-22-49-52(48)46-33-47-51(34-50(46)56-49)57-53(54-47)39-18-8-3-9-19-39/h1-34H. The first-order chi connectivity index (χ1) is 28.2. The molecule has 2 heterocycles. The second-order valence-corrected chi connectivity index (χ2v) is 14.4. The summed E-state index contributed by atoms with van der Waals surface area (Å²) in [6.07, 6.45) is 0. The molecule has 0 aliphatic heterocycles. The van der Waals surface area contributed by atoms with Crippen molar-refractivity contribution in [3.8, 4) is 44.8 Å². The number of nitrogens with zero attached hydrogens (tertiary/aromatic N) is 2. The van der Waals surface area contributed by atoms with E-state index in [1.165, 1.54) is 27.5 Å². The molecule has 9 aromatic carbocycles. The molecule has 0 radical (unpaired) electrons. The minimum Gasteiger partial charge on any atom is -0.456 e. The maximum absolute atomic E-state index is 6.61. The summed E-state index contributed by atoms with van der Waals surface area (Å²) in [5.41, 5.74) is 14.0. The highest BCUT2D eigenvalue weighted by Crippen LogP contribution is 2.46. The van der Waals surface area contributed by atoms with Crippen molar-refractivity contribution in [1.82, 2.24) is 4.98 Å². The monoisotopic (exact) mass is 730 g/mol. The van der Waals surface area contributed by atoms with E-state index in [2.05, 4.69) is 169 Å². The Bertz CT molecular complexity index is 3220. The number of anilines is 3. The second-order valence-electron chi connectivity index (χ2n) is 14.4. The highest BCUT2D eigenvalue weighted by Gasteiger charge is 2.22. The molecule has 0 bridgehead atoms. The summed E-state index contributed by atoms with van der Waals surface area (Å²) < 4.78 is 12.9. The van der Waals surface area contributed by atoms with Crippen molar-refractivity contribution in [2.45, 2.75) is 0 Å². The summed E-state index contributed by atoms with van der Waals surface area (Å²) in [6, 6.07) is 72.5. The van der Waals surface area contributed by atoms with Crippen LogP contribution in [0.3, 0.4) is 0 Å². The van der Waals surface area contributed by atoms with Crippen LogP contribution in [0.25, 0.3) is 88.6 Å². The van der Waals surface area contributed by atoms with Crippen LogP contribution in [0, 0.1) is 0 Å². The zero-order chi connectivity index (χ0) is 37.7. The molecule has 0 aliphatic carbocycles. The first-order valence-electron chi connectivity index (χ1n) is 19.2. The highest BCUT2D eigenvalue weighted by molar-refractivity contribution is 6.16. The third-order valence-corrected chi connectivity index (χ3v) is 10.9. The van der Waals surface area contributed by atoms with Crippen LogP contribution in [0.5, 0.6) is 0 Å². The van der Waals surface area contributed by atoms with Gasteiger partial charge in [-0.3, -0.25) is 0 Å². The van der Waals surface area contributed by atoms with E-state index < -0.39 is 0 Å². The molecule has 268 valence electrons. The van der Waals surface area contributed by atoms with Crippen molar-refractivity contribution in [1.29, 1.82) is 0 Å². The van der Waals surface area contributed by atoms with Gasteiger partial charge in [0.1, 0.15) is 16.7 Å². The van der Waals surface area contributed by atoms with E-state index in [1.54, 1.807) is 0 Å². The molecule has 0 saturated carbocycles. The van der Waals surface area contributed by atoms with Crippen molar-refractivity contribution < 1.29 is 8.83 Å². The Morgan fingerprint density at radius 2 is 1.02 bits per heavy atom. The molecule has 57 heavy (non-hydrogen) atoms. The van der Waals surface area contributed by atoms with Gasteiger partial charge in [0.15, 0.2) is 5.58 Å². The summed E-state index contributed by atoms with van der Waals surface area (Å²) in [5.74, 6) is 0.586. The molecule has 0 saturated heterocycles. The number of hydrogen-bond acceptors (Lipinski definition) is 4. The number of fused-ring (bicyclic) bond motifs is 5. The van der Waals surface area contributed by atoms with Crippen molar-refractivity contribution in [3.05, 3.63) is 206 Å². The molecule has 4 heteroatoms. The van der Waals surface area contributed by atoms with E-state index >= 15 is 0 Å². The lowest BCUT2D eigenvalue weighted by Crippen LogP contribution is -2.10. The predicted octanol–water partition coefficient (Wildman–Crippen LogP) is 15.0. The van der Waals surface area contributed by atoms with Crippen molar-refractivity contribution in [2.75, 3.05) is 4.90 Å². The lowest BCUT2D eigenvalue weighted by Gasteiger charge is -2.27. The molecule has 0 N–H and O–H groups in total. The molecule has 0 spiro atoms. The normalized spacial score (nSPS) is 11.5. The van der Waals surface area contributed by atoms with Gasteiger partial charge in [0.2, 0.25) is 5.89 Å². The highest BCUT2D eigenvalue weighted by atomic mass is 16.4. The van der Waals surface area contributed by atoms with Crippen LogP contribution in [-0.4, -0.2) is 4.98 Å². The molecule has 0 unspecified atom stereocenters. The van der Waals surface area contributed by atoms with E-state index in [0.717, 1.165) is 66.8 Å². The lowest BCUT2D eigenvalue weighted by molar-refractivity contribution is 0.617. The SMILES string of the molecule is c1ccc(-c2ccc(N(c3ccc(-c4ccc5ccccc5c4)c(-c4ccccc4)c3)c3cccc4oc5cc6oc(-c7ccccc7)nc6cc5c34)cc2)cc1. The number of oxazole rings is 1. The molecule has 0 atom stereocenters. The molecule has 2 aromatic heterocycles. The van der Waals surface area contributed by atoms with E-state index in [4.69, 9.17) is 13.8 Å². The number of aromatic nitrogens is 1. The third kappa shape index (κ3) is 5.83. The van der Waals surface area contributed by atoms with Crippen LogP contribution in [0.1, 0.15) is 0 Å². The third-order valence-electron chi connectivity index (χ3n) is 10.9. The minimum atomic E-state index is 0.586. The fourth-order valence-electron chi connectivity index (χ4n) is 8.12.